The van der Waals surface area contributed by atoms with Crippen LogP contribution in [0.2, 0.25) is 0 Å². The fourth-order valence-electron chi connectivity index (χ4n) is 3.47. The Balaban J connectivity index is 0.000000321. The third kappa shape index (κ3) is 9.43. The number of pyridine rings is 1. The number of carboxylic acid groups (broad SMARTS) is 2. The molecule has 0 amide bonds. The Hall–Kier alpha value is -2.61. The molecule has 0 radical (unpaired) electrons. The minimum absolute atomic E-state index is 0.558. The number of nitrogens with one attached hydrogen (secondary N) is 1. The highest BCUT2D eigenvalue weighted by Crippen LogP contribution is 2.25. The molecule has 1 saturated heterocycles. The van der Waals surface area contributed by atoms with Crippen molar-refractivity contribution in [2.45, 2.75) is 38.5 Å². The van der Waals surface area contributed by atoms with Crippen LogP contribution in [-0.2, 0) is 9.59 Å². The van der Waals surface area contributed by atoms with Crippen molar-refractivity contribution in [1.29, 1.82) is 0 Å². The number of rotatable bonds is 6. The predicted molar refractivity (Wildman–Crippen MR) is 110 cm³/mol. The first-order valence-corrected chi connectivity index (χ1v) is 10.2. The highest BCUT2D eigenvalue weighted by molar-refractivity contribution is 5.89. The lowest BCUT2D eigenvalue weighted by Gasteiger charge is -2.24. The molecule has 0 bridgehead atoms. The van der Waals surface area contributed by atoms with Crippen molar-refractivity contribution >= 4 is 17.6 Å². The van der Waals surface area contributed by atoms with Gasteiger partial charge < -0.3 is 25.2 Å². The predicted octanol–water partition coefficient (Wildman–Crippen LogP) is 2.55. The molecule has 0 aromatic carbocycles. The zero-order valence-corrected chi connectivity index (χ0v) is 16.8. The molecule has 1 saturated carbocycles. The van der Waals surface area contributed by atoms with Crippen molar-refractivity contribution in [3.05, 3.63) is 30.6 Å². The Morgan fingerprint density at radius 1 is 1.07 bits per heavy atom. The van der Waals surface area contributed by atoms with E-state index in [4.69, 9.17) is 14.9 Å². The third-order valence-corrected chi connectivity index (χ3v) is 4.98. The summed E-state index contributed by atoms with van der Waals surface area (Å²) in [6.45, 7) is 5.16. The Morgan fingerprint density at radius 3 is 2.48 bits per heavy atom. The van der Waals surface area contributed by atoms with Crippen molar-refractivity contribution in [3.63, 3.8) is 0 Å². The van der Waals surface area contributed by atoms with Gasteiger partial charge in [0.05, 0.1) is 24.7 Å². The molecule has 29 heavy (non-hydrogen) atoms. The van der Waals surface area contributed by atoms with E-state index in [1.807, 2.05) is 12.4 Å². The Kier molecular flexibility index (Phi) is 9.99. The van der Waals surface area contributed by atoms with Gasteiger partial charge in [0, 0.05) is 37.9 Å². The van der Waals surface area contributed by atoms with Gasteiger partial charge in [-0.15, -0.1) is 0 Å². The van der Waals surface area contributed by atoms with E-state index in [2.05, 4.69) is 21.3 Å². The van der Waals surface area contributed by atoms with Crippen molar-refractivity contribution in [3.8, 4) is 5.75 Å². The standard InChI is InChI=1S/C17H27N3O.C4H4O4/c1-2-5-15(6-3-1)14-21-17-11-16(12-19-13-17)20-9-4-7-18-8-10-20;5-3(6)1-2-4(7)8/h11-13,15,18H,1-10,14H2;1-2H,(H,5,6)(H,7,8)/b;2-1+. The Bertz CT molecular complexity index is 650. The highest BCUT2D eigenvalue weighted by Gasteiger charge is 2.15. The van der Waals surface area contributed by atoms with E-state index in [-0.39, 0.29) is 0 Å². The highest BCUT2D eigenvalue weighted by atomic mass is 16.5. The van der Waals surface area contributed by atoms with Crippen molar-refractivity contribution in [2.75, 3.05) is 37.7 Å². The lowest BCUT2D eigenvalue weighted by molar-refractivity contribution is -0.134. The maximum atomic E-state index is 9.55. The number of carbonyl (C=O) groups is 2. The maximum absolute atomic E-state index is 9.55. The smallest absolute Gasteiger partial charge is 0.328 e. The number of anilines is 1. The van der Waals surface area contributed by atoms with Gasteiger partial charge >= 0.3 is 11.9 Å². The number of nitrogens with zero attached hydrogens (tertiary/aromatic N) is 2. The second-order valence-electron chi connectivity index (χ2n) is 7.29. The molecule has 0 atom stereocenters. The van der Waals surface area contributed by atoms with Crippen LogP contribution in [0.25, 0.3) is 0 Å². The molecular formula is C21H31N3O5. The molecule has 2 aliphatic rings. The summed E-state index contributed by atoms with van der Waals surface area (Å²) in [6, 6.07) is 2.15. The fourth-order valence-corrected chi connectivity index (χ4v) is 3.47. The van der Waals surface area contributed by atoms with Gasteiger partial charge in [0.1, 0.15) is 5.75 Å². The van der Waals surface area contributed by atoms with Crippen LogP contribution in [0.5, 0.6) is 5.75 Å². The average molecular weight is 405 g/mol. The van der Waals surface area contributed by atoms with E-state index in [0.29, 0.717) is 12.2 Å². The van der Waals surface area contributed by atoms with E-state index in [1.165, 1.54) is 44.2 Å². The van der Waals surface area contributed by atoms with Gasteiger partial charge in [0.15, 0.2) is 0 Å². The summed E-state index contributed by atoms with van der Waals surface area (Å²) in [5, 5.41) is 19.1. The third-order valence-electron chi connectivity index (χ3n) is 4.98. The molecule has 1 aromatic heterocycles. The van der Waals surface area contributed by atoms with E-state index in [1.54, 1.807) is 0 Å². The molecule has 0 spiro atoms. The topological polar surface area (TPSA) is 112 Å². The minimum atomic E-state index is -1.26. The summed E-state index contributed by atoms with van der Waals surface area (Å²) in [7, 11) is 0. The second kappa shape index (κ2) is 12.8. The lowest BCUT2D eigenvalue weighted by atomic mass is 9.90. The normalized spacial score (nSPS) is 17.9. The van der Waals surface area contributed by atoms with Crippen molar-refractivity contribution in [1.82, 2.24) is 10.3 Å². The first kappa shape index (κ1) is 22.7. The van der Waals surface area contributed by atoms with Crippen LogP contribution in [0, 0.1) is 5.92 Å². The van der Waals surface area contributed by atoms with Gasteiger partial charge in [0.25, 0.3) is 0 Å². The van der Waals surface area contributed by atoms with Crippen LogP contribution in [0.15, 0.2) is 30.6 Å². The minimum Gasteiger partial charge on any atom is -0.492 e. The van der Waals surface area contributed by atoms with E-state index in [9.17, 15) is 9.59 Å². The van der Waals surface area contributed by atoms with Crippen LogP contribution in [-0.4, -0.2) is 59.9 Å². The quantitative estimate of drug-likeness (QED) is 0.619. The molecule has 0 unspecified atom stereocenters. The lowest BCUT2D eigenvalue weighted by Crippen LogP contribution is -2.27. The first-order chi connectivity index (χ1) is 14.0. The van der Waals surface area contributed by atoms with E-state index >= 15 is 0 Å². The second-order valence-corrected chi connectivity index (χ2v) is 7.29. The molecule has 1 aliphatic heterocycles. The Labute approximate surface area is 171 Å². The molecule has 8 heteroatoms. The SMILES string of the molecule is O=C(O)/C=C/C(=O)O.c1ncc(N2CCCNCC2)cc1OCC1CCCCC1. The summed E-state index contributed by atoms with van der Waals surface area (Å²) < 4.78 is 6.00. The molecule has 2 fully saturated rings. The van der Waals surface area contributed by atoms with Gasteiger partial charge in [0.2, 0.25) is 0 Å². The zero-order valence-electron chi connectivity index (χ0n) is 16.8. The van der Waals surface area contributed by atoms with Crippen LogP contribution in [0.3, 0.4) is 0 Å². The number of aromatic nitrogens is 1. The average Bonchev–Trinajstić information content (AvgIpc) is 3.02. The molecule has 160 valence electrons. The van der Waals surface area contributed by atoms with Gasteiger partial charge in [-0.3, -0.25) is 4.98 Å². The Morgan fingerprint density at radius 2 is 1.79 bits per heavy atom. The summed E-state index contributed by atoms with van der Waals surface area (Å²) in [5.74, 6) is -0.847. The van der Waals surface area contributed by atoms with Gasteiger partial charge in [-0.1, -0.05) is 19.3 Å². The molecule has 2 heterocycles. The van der Waals surface area contributed by atoms with E-state index < -0.39 is 11.9 Å². The summed E-state index contributed by atoms with van der Waals surface area (Å²) in [4.78, 5) is 25.9. The first-order valence-electron chi connectivity index (χ1n) is 10.2. The summed E-state index contributed by atoms with van der Waals surface area (Å²) in [5.41, 5.74) is 1.19. The van der Waals surface area contributed by atoms with E-state index in [0.717, 1.165) is 44.5 Å². The van der Waals surface area contributed by atoms with Gasteiger partial charge in [-0.2, -0.15) is 0 Å². The van der Waals surface area contributed by atoms with Crippen LogP contribution in [0.1, 0.15) is 38.5 Å². The molecule has 8 nitrogen and oxygen atoms in total. The molecule has 1 aliphatic carbocycles. The molecule has 1 aromatic rings. The molecule has 3 rings (SSSR count). The van der Waals surface area contributed by atoms with Crippen LogP contribution < -0.4 is 15.0 Å². The monoisotopic (exact) mass is 405 g/mol. The van der Waals surface area contributed by atoms with Crippen LogP contribution >= 0.6 is 0 Å². The number of carboxylic acids is 2. The zero-order chi connectivity index (χ0) is 20.9. The number of ether oxygens (including phenoxy) is 1. The van der Waals surface area contributed by atoms with Gasteiger partial charge in [-0.25, -0.2) is 9.59 Å². The molecular weight excluding hydrogens is 374 g/mol. The largest absolute Gasteiger partial charge is 0.492 e. The number of aliphatic carboxylic acids is 2. The van der Waals surface area contributed by atoms with Gasteiger partial charge in [-0.05, 0) is 31.7 Å². The van der Waals surface area contributed by atoms with Crippen molar-refractivity contribution in [2.24, 2.45) is 5.92 Å². The number of hydrogen-bond acceptors (Lipinski definition) is 6. The fraction of sp³-hybridized carbons (Fsp3) is 0.571. The number of hydrogen-bond donors (Lipinski definition) is 3. The molecule has 3 N–H and O–H groups in total. The summed E-state index contributed by atoms with van der Waals surface area (Å²) >= 11 is 0. The maximum Gasteiger partial charge on any atom is 0.328 e. The summed E-state index contributed by atoms with van der Waals surface area (Å²) in [6.07, 6.45) is 12.9. The van der Waals surface area contributed by atoms with Crippen LogP contribution in [0.4, 0.5) is 5.69 Å². The van der Waals surface area contributed by atoms with Crippen molar-refractivity contribution < 1.29 is 24.5 Å².